The monoisotopic (exact) mass is 209 g/mol. The zero-order valence-corrected chi connectivity index (χ0v) is 8.31. The molecule has 3 nitrogen and oxygen atoms in total. The molecule has 0 saturated carbocycles. The normalized spacial score (nSPS) is 16.2. The van der Waals surface area contributed by atoms with E-state index in [9.17, 15) is 9.59 Å². The van der Waals surface area contributed by atoms with Crippen molar-refractivity contribution in [3.63, 3.8) is 0 Å². The van der Waals surface area contributed by atoms with Crippen LogP contribution in [0.25, 0.3) is 18.2 Å². The number of rotatable bonds is 0. The van der Waals surface area contributed by atoms with Crippen LogP contribution in [0.1, 0.15) is 15.9 Å². The van der Waals surface area contributed by atoms with Gasteiger partial charge in [0.05, 0.1) is 0 Å². The third-order valence-corrected chi connectivity index (χ3v) is 2.70. The second-order valence-corrected chi connectivity index (χ2v) is 3.66. The molecule has 0 aromatic heterocycles. The maximum atomic E-state index is 11.5. The summed E-state index contributed by atoms with van der Waals surface area (Å²) in [5.41, 5.74) is 1.51. The first-order valence-electron chi connectivity index (χ1n) is 4.91. The molecular weight excluding hydrogens is 202 g/mol. The Bertz CT molecular complexity index is 693. The highest BCUT2D eigenvalue weighted by Gasteiger charge is 2.12. The largest absolute Gasteiger partial charge is 0.290 e. The number of nitrogens with zero attached hydrogens (tertiary/aromatic N) is 1. The zero-order valence-electron chi connectivity index (χ0n) is 8.31. The minimum Gasteiger partial charge on any atom is -0.290 e. The van der Waals surface area contributed by atoms with Crippen molar-refractivity contribution in [3.8, 4) is 0 Å². The number of carbonyl (C=O) groups is 2. The van der Waals surface area contributed by atoms with E-state index >= 15 is 0 Å². The molecule has 3 heteroatoms. The van der Waals surface area contributed by atoms with Crippen LogP contribution < -0.4 is 10.4 Å². The Morgan fingerprint density at radius 3 is 2.75 bits per heavy atom. The van der Waals surface area contributed by atoms with Crippen molar-refractivity contribution in [2.75, 3.05) is 0 Å². The van der Waals surface area contributed by atoms with Crippen molar-refractivity contribution in [1.29, 1.82) is 0 Å². The Morgan fingerprint density at radius 1 is 1.00 bits per heavy atom. The molecule has 0 fully saturated rings. The third-order valence-electron chi connectivity index (χ3n) is 2.70. The van der Waals surface area contributed by atoms with Gasteiger partial charge in [-0.1, -0.05) is 12.1 Å². The summed E-state index contributed by atoms with van der Waals surface area (Å²) in [6.07, 6.45) is 8.08. The predicted molar refractivity (Wildman–Crippen MR) is 61.5 cm³/mol. The molecule has 0 atom stereocenters. The topological polar surface area (TPSA) is 46.5 Å². The molecule has 0 N–H and O–H groups in total. The summed E-state index contributed by atoms with van der Waals surface area (Å²) in [4.78, 5) is 26.5. The number of amides is 1. The van der Waals surface area contributed by atoms with Gasteiger partial charge in [0.15, 0.2) is 5.78 Å². The second-order valence-electron chi connectivity index (χ2n) is 3.66. The molecule has 0 spiro atoms. The van der Waals surface area contributed by atoms with Crippen LogP contribution in [0.4, 0.5) is 0 Å². The van der Waals surface area contributed by atoms with Gasteiger partial charge in [-0.25, -0.2) is 4.99 Å². The molecule has 1 aromatic rings. The lowest BCUT2D eigenvalue weighted by molar-refractivity contribution is -0.109. The zero-order chi connectivity index (χ0) is 11.1. The van der Waals surface area contributed by atoms with E-state index in [0.717, 1.165) is 16.0 Å². The molecule has 0 radical (unpaired) electrons. The molecule has 0 bridgehead atoms. The van der Waals surface area contributed by atoms with Crippen molar-refractivity contribution in [2.24, 2.45) is 4.99 Å². The van der Waals surface area contributed by atoms with Crippen LogP contribution in [-0.4, -0.2) is 17.9 Å². The molecule has 2 aliphatic rings. The van der Waals surface area contributed by atoms with Gasteiger partial charge in [-0.2, -0.15) is 0 Å². The highest BCUT2D eigenvalue weighted by Crippen LogP contribution is 2.04. The Hall–Kier alpha value is -2.29. The van der Waals surface area contributed by atoms with E-state index in [0.29, 0.717) is 5.56 Å². The van der Waals surface area contributed by atoms with Gasteiger partial charge in [-0.3, -0.25) is 9.59 Å². The average Bonchev–Trinajstić information content (AvgIpc) is 2.29. The standard InChI is InChI=1S/C13H7NO2/c15-9-3-1-8-2-4-11-10(12(8)7-9)5-6-14-13(11)16/h1-7H. The molecule has 16 heavy (non-hydrogen) atoms. The summed E-state index contributed by atoms with van der Waals surface area (Å²) in [6.45, 7) is 0. The second kappa shape index (κ2) is 3.10. The summed E-state index contributed by atoms with van der Waals surface area (Å²) >= 11 is 0. The summed E-state index contributed by atoms with van der Waals surface area (Å²) in [5, 5.41) is 1.60. The summed E-state index contributed by atoms with van der Waals surface area (Å²) in [7, 11) is 0. The average molecular weight is 209 g/mol. The van der Waals surface area contributed by atoms with E-state index in [1.807, 2.05) is 6.07 Å². The van der Waals surface area contributed by atoms with E-state index in [1.165, 1.54) is 12.3 Å². The van der Waals surface area contributed by atoms with Crippen molar-refractivity contribution in [2.45, 2.75) is 0 Å². The molecular formula is C13H7NO2. The maximum Gasteiger partial charge on any atom is 0.277 e. The highest BCUT2D eigenvalue weighted by atomic mass is 16.1. The predicted octanol–water partition coefficient (Wildman–Crippen LogP) is 0.0681. The van der Waals surface area contributed by atoms with Crippen LogP contribution >= 0.6 is 0 Å². The fourth-order valence-electron chi connectivity index (χ4n) is 1.94. The molecule has 1 aliphatic heterocycles. The van der Waals surface area contributed by atoms with Crippen LogP contribution in [-0.2, 0) is 4.79 Å². The first-order valence-corrected chi connectivity index (χ1v) is 4.91. The summed E-state index contributed by atoms with van der Waals surface area (Å²) < 4.78 is 0. The van der Waals surface area contributed by atoms with E-state index < -0.39 is 0 Å². The van der Waals surface area contributed by atoms with Gasteiger partial charge in [-0.15, -0.1) is 0 Å². The van der Waals surface area contributed by atoms with Crippen molar-refractivity contribution >= 4 is 36.1 Å². The van der Waals surface area contributed by atoms with Crippen LogP contribution in [0, 0.1) is 0 Å². The number of ketones is 1. The van der Waals surface area contributed by atoms with Gasteiger partial charge < -0.3 is 0 Å². The van der Waals surface area contributed by atoms with E-state index in [2.05, 4.69) is 4.99 Å². The minimum atomic E-state index is -0.254. The van der Waals surface area contributed by atoms with E-state index in [4.69, 9.17) is 0 Å². The number of hydrogen-bond donors (Lipinski definition) is 0. The van der Waals surface area contributed by atoms with Gasteiger partial charge in [0.25, 0.3) is 5.91 Å². The van der Waals surface area contributed by atoms with Crippen molar-refractivity contribution in [3.05, 3.63) is 39.8 Å². The minimum absolute atomic E-state index is 0.0516. The number of benzene rings is 1. The van der Waals surface area contributed by atoms with Crippen LogP contribution in [0.3, 0.4) is 0 Å². The Morgan fingerprint density at radius 2 is 1.88 bits per heavy atom. The quantitative estimate of drug-likeness (QED) is 0.607. The lowest BCUT2D eigenvalue weighted by Gasteiger charge is -2.07. The maximum absolute atomic E-state index is 11.5. The Kier molecular flexibility index (Phi) is 1.74. The third kappa shape index (κ3) is 1.18. The van der Waals surface area contributed by atoms with Gasteiger partial charge >= 0.3 is 0 Å². The molecule has 1 amide bonds. The van der Waals surface area contributed by atoms with Crippen LogP contribution in [0.15, 0.2) is 23.2 Å². The van der Waals surface area contributed by atoms with E-state index in [1.54, 1.807) is 24.3 Å². The molecule has 0 saturated heterocycles. The smallest absolute Gasteiger partial charge is 0.277 e. The van der Waals surface area contributed by atoms with Crippen LogP contribution in [0.2, 0.25) is 0 Å². The first kappa shape index (κ1) is 8.97. The van der Waals surface area contributed by atoms with Gasteiger partial charge in [0.2, 0.25) is 0 Å². The number of aliphatic imine (C=N–C) groups is 1. The lowest BCUT2D eigenvalue weighted by Crippen LogP contribution is -2.36. The van der Waals surface area contributed by atoms with Gasteiger partial charge in [0, 0.05) is 11.8 Å². The SMILES string of the molecule is O=C1C=Cc2ccc3c(c2=C1)=CC=NC3=O. The number of hydrogen-bond acceptors (Lipinski definition) is 2. The highest BCUT2D eigenvalue weighted by molar-refractivity contribution is 6.17. The molecule has 3 rings (SSSR count). The molecule has 1 aliphatic carbocycles. The number of allylic oxidation sites excluding steroid dienone is 1. The van der Waals surface area contributed by atoms with Gasteiger partial charge in [-0.05, 0) is 40.3 Å². The Labute approximate surface area is 91.1 Å². The Balaban J connectivity index is 2.50. The number of fused-ring (bicyclic) bond motifs is 3. The van der Waals surface area contributed by atoms with E-state index in [-0.39, 0.29) is 11.7 Å². The molecule has 76 valence electrons. The van der Waals surface area contributed by atoms with Gasteiger partial charge in [0.1, 0.15) is 0 Å². The van der Waals surface area contributed by atoms with Crippen LogP contribution in [0.5, 0.6) is 0 Å². The lowest BCUT2D eigenvalue weighted by atomic mass is 9.98. The fourth-order valence-corrected chi connectivity index (χ4v) is 1.94. The fraction of sp³-hybridized carbons (Fsp3) is 0. The summed E-state index contributed by atoms with van der Waals surface area (Å²) in [5.74, 6) is -0.306. The van der Waals surface area contributed by atoms with Crippen molar-refractivity contribution < 1.29 is 9.59 Å². The molecule has 1 aromatic carbocycles. The summed E-state index contributed by atoms with van der Waals surface area (Å²) in [6, 6.07) is 3.58. The first-order chi connectivity index (χ1) is 7.75. The van der Waals surface area contributed by atoms with Crippen molar-refractivity contribution in [1.82, 2.24) is 0 Å². The molecule has 1 heterocycles. The number of carbonyl (C=O) groups excluding carboxylic acids is 2. The molecule has 0 unspecified atom stereocenters.